The molecule has 1 N–H and O–H groups in total. The van der Waals surface area contributed by atoms with Crippen molar-refractivity contribution in [1.29, 1.82) is 0 Å². The van der Waals surface area contributed by atoms with Crippen molar-refractivity contribution >= 4 is 40.6 Å². The molecule has 0 saturated carbocycles. The summed E-state index contributed by atoms with van der Waals surface area (Å²) in [6, 6.07) is 16.7. The van der Waals surface area contributed by atoms with E-state index < -0.39 is 0 Å². The molecule has 0 radical (unpaired) electrons. The lowest BCUT2D eigenvalue weighted by Crippen LogP contribution is -2.33. The zero-order chi connectivity index (χ0) is 18.3. The molecule has 130 valence electrons. The highest BCUT2D eigenvalue weighted by atomic mass is 35.5. The number of halogens is 2. The van der Waals surface area contributed by atoms with Crippen LogP contribution in [0.4, 0.5) is 11.5 Å². The Bertz CT molecular complexity index is 989. The number of fused-ring (bicyclic) bond motifs is 1. The van der Waals surface area contributed by atoms with Gasteiger partial charge in [0.15, 0.2) is 0 Å². The maximum Gasteiger partial charge on any atom is 0.261 e. The van der Waals surface area contributed by atoms with Crippen molar-refractivity contribution < 1.29 is 4.79 Å². The van der Waals surface area contributed by atoms with Crippen LogP contribution in [0.15, 0.2) is 60.8 Å². The lowest BCUT2D eigenvalue weighted by molar-refractivity contribution is 0.0992. The molecule has 0 bridgehead atoms. The van der Waals surface area contributed by atoms with Crippen LogP contribution in [-0.2, 0) is 0 Å². The maximum absolute atomic E-state index is 13.0. The molecule has 2 aromatic carbocycles. The highest BCUT2D eigenvalue weighted by Gasteiger charge is 2.38. The van der Waals surface area contributed by atoms with Gasteiger partial charge in [-0.15, -0.1) is 0 Å². The van der Waals surface area contributed by atoms with Crippen LogP contribution in [-0.4, -0.2) is 10.9 Å². The Morgan fingerprint density at radius 1 is 1.04 bits per heavy atom. The van der Waals surface area contributed by atoms with Crippen LogP contribution in [0.1, 0.15) is 27.7 Å². The van der Waals surface area contributed by atoms with Gasteiger partial charge in [0.25, 0.3) is 5.91 Å². The Morgan fingerprint density at radius 2 is 1.85 bits per heavy atom. The number of anilines is 2. The summed E-state index contributed by atoms with van der Waals surface area (Å²) in [4.78, 5) is 19.0. The zero-order valence-corrected chi connectivity index (χ0v) is 15.4. The van der Waals surface area contributed by atoms with E-state index in [2.05, 4.69) is 10.3 Å². The van der Waals surface area contributed by atoms with E-state index in [4.69, 9.17) is 23.2 Å². The first-order chi connectivity index (χ1) is 12.6. The first-order valence-electron chi connectivity index (χ1n) is 8.12. The molecule has 0 unspecified atom stereocenters. The molecule has 0 spiro atoms. The van der Waals surface area contributed by atoms with Crippen molar-refractivity contribution in [2.45, 2.75) is 13.1 Å². The third kappa shape index (κ3) is 2.81. The second-order valence-electron chi connectivity index (χ2n) is 6.06. The molecule has 1 aliphatic heterocycles. The molecule has 1 amide bonds. The summed E-state index contributed by atoms with van der Waals surface area (Å²) in [7, 11) is 0. The monoisotopic (exact) mass is 383 g/mol. The number of nitrogens with zero attached hydrogens (tertiary/aromatic N) is 2. The normalized spacial score (nSPS) is 15.9. The lowest BCUT2D eigenvalue weighted by Gasteiger charge is -2.27. The van der Waals surface area contributed by atoms with Crippen molar-refractivity contribution in [3.8, 4) is 0 Å². The predicted molar refractivity (Wildman–Crippen MR) is 105 cm³/mol. The molecule has 0 saturated heterocycles. The fourth-order valence-corrected chi connectivity index (χ4v) is 3.40. The highest BCUT2D eigenvalue weighted by Crippen LogP contribution is 2.38. The Kier molecular flexibility index (Phi) is 4.31. The lowest BCUT2D eigenvalue weighted by atomic mass is 10.1. The Balaban J connectivity index is 1.81. The molecule has 2 heterocycles. The Labute approximate surface area is 161 Å². The summed E-state index contributed by atoms with van der Waals surface area (Å²) in [5.41, 5.74) is 3.34. The number of amides is 1. The molecule has 26 heavy (non-hydrogen) atoms. The molecule has 3 aromatic rings. The first kappa shape index (κ1) is 16.9. The Morgan fingerprint density at radius 3 is 2.62 bits per heavy atom. The van der Waals surface area contributed by atoms with Crippen LogP contribution in [0.3, 0.4) is 0 Å². The molecule has 0 aliphatic carbocycles. The van der Waals surface area contributed by atoms with E-state index in [9.17, 15) is 4.79 Å². The number of rotatable bonds is 3. The van der Waals surface area contributed by atoms with Gasteiger partial charge in [0.2, 0.25) is 0 Å². The fourth-order valence-electron chi connectivity index (χ4n) is 3.12. The smallest absolute Gasteiger partial charge is 0.261 e. The molecular weight excluding hydrogens is 369 g/mol. The van der Waals surface area contributed by atoms with Gasteiger partial charge in [-0.2, -0.15) is 0 Å². The summed E-state index contributed by atoms with van der Waals surface area (Å²) in [5, 5.41) is 4.64. The van der Waals surface area contributed by atoms with Gasteiger partial charge in [-0.1, -0.05) is 47.5 Å². The van der Waals surface area contributed by atoms with Crippen molar-refractivity contribution in [3.63, 3.8) is 0 Å². The number of benzene rings is 2. The molecule has 4 nitrogen and oxygen atoms in total. The van der Waals surface area contributed by atoms with Crippen LogP contribution in [0.5, 0.6) is 0 Å². The molecule has 0 fully saturated rings. The Hall–Kier alpha value is -2.56. The van der Waals surface area contributed by atoms with Gasteiger partial charge in [-0.25, -0.2) is 4.98 Å². The molecule has 1 aliphatic rings. The number of carbonyl (C=O) groups excluding carboxylic acids is 1. The summed E-state index contributed by atoms with van der Waals surface area (Å²) in [5.74, 6) is 0.431. The van der Waals surface area contributed by atoms with Crippen LogP contribution < -0.4 is 10.2 Å². The standard InChI is InChI=1S/C20H15Cl2N3O/c1-12-16(22)7-4-8-17(12)24-19-14-5-2-3-6-15(14)20(26)25(19)18-10-9-13(21)11-23-18/h2-11,19,24H,1H3/t19-/m0/s1. The van der Waals surface area contributed by atoms with Crippen LogP contribution >= 0.6 is 23.2 Å². The molecule has 4 rings (SSSR count). The largest absolute Gasteiger partial charge is 0.361 e. The van der Waals surface area contributed by atoms with E-state index in [0.717, 1.165) is 16.8 Å². The molecule has 1 aromatic heterocycles. The maximum atomic E-state index is 13.0. The van der Waals surface area contributed by atoms with Gasteiger partial charge in [0, 0.05) is 28.0 Å². The first-order valence-corrected chi connectivity index (χ1v) is 8.87. The summed E-state index contributed by atoms with van der Waals surface area (Å²) < 4.78 is 0. The average Bonchev–Trinajstić information content (AvgIpc) is 2.92. The van der Waals surface area contributed by atoms with E-state index in [0.29, 0.717) is 21.4 Å². The van der Waals surface area contributed by atoms with E-state index in [-0.39, 0.29) is 12.1 Å². The van der Waals surface area contributed by atoms with Crippen LogP contribution in [0.25, 0.3) is 0 Å². The highest BCUT2D eigenvalue weighted by molar-refractivity contribution is 6.31. The van der Waals surface area contributed by atoms with E-state index >= 15 is 0 Å². The van der Waals surface area contributed by atoms with Gasteiger partial charge in [-0.3, -0.25) is 9.69 Å². The minimum absolute atomic E-state index is 0.104. The second kappa shape index (κ2) is 6.63. The van der Waals surface area contributed by atoms with Gasteiger partial charge >= 0.3 is 0 Å². The number of carbonyl (C=O) groups is 1. The number of nitrogens with one attached hydrogen (secondary N) is 1. The molecule has 6 heteroatoms. The fraction of sp³-hybridized carbons (Fsp3) is 0.100. The van der Waals surface area contributed by atoms with Gasteiger partial charge in [0.05, 0.1) is 5.02 Å². The molecular formula is C20H15Cl2N3O. The third-order valence-electron chi connectivity index (χ3n) is 4.48. The van der Waals surface area contributed by atoms with E-state index in [1.807, 2.05) is 49.4 Å². The third-order valence-corrected chi connectivity index (χ3v) is 5.11. The number of pyridine rings is 1. The second-order valence-corrected chi connectivity index (χ2v) is 6.90. The van der Waals surface area contributed by atoms with Crippen LogP contribution in [0.2, 0.25) is 10.0 Å². The minimum Gasteiger partial charge on any atom is -0.361 e. The van der Waals surface area contributed by atoms with Gasteiger partial charge in [-0.05, 0) is 42.8 Å². The van der Waals surface area contributed by atoms with Crippen molar-refractivity contribution in [2.75, 3.05) is 10.2 Å². The van der Waals surface area contributed by atoms with Crippen molar-refractivity contribution in [1.82, 2.24) is 4.98 Å². The quantitative estimate of drug-likeness (QED) is 0.652. The van der Waals surface area contributed by atoms with E-state index in [1.165, 1.54) is 6.20 Å². The number of hydrogen-bond donors (Lipinski definition) is 1. The minimum atomic E-state index is -0.385. The number of hydrogen-bond acceptors (Lipinski definition) is 3. The van der Waals surface area contributed by atoms with Crippen LogP contribution in [0, 0.1) is 6.92 Å². The predicted octanol–water partition coefficient (Wildman–Crippen LogP) is 5.47. The topological polar surface area (TPSA) is 45.2 Å². The van der Waals surface area contributed by atoms with E-state index in [1.54, 1.807) is 17.0 Å². The zero-order valence-electron chi connectivity index (χ0n) is 13.9. The summed E-state index contributed by atoms with van der Waals surface area (Å²) in [6.45, 7) is 1.94. The van der Waals surface area contributed by atoms with Gasteiger partial charge in [0.1, 0.15) is 12.0 Å². The van der Waals surface area contributed by atoms with Crippen molar-refractivity contribution in [3.05, 3.63) is 87.5 Å². The number of aromatic nitrogens is 1. The van der Waals surface area contributed by atoms with Crippen molar-refractivity contribution in [2.24, 2.45) is 0 Å². The average molecular weight is 384 g/mol. The summed E-state index contributed by atoms with van der Waals surface area (Å²) >= 11 is 12.2. The summed E-state index contributed by atoms with van der Waals surface area (Å²) in [6.07, 6.45) is 1.15. The van der Waals surface area contributed by atoms with Gasteiger partial charge < -0.3 is 5.32 Å². The molecule has 1 atom stereocenters. The SMILES string of the molecule is Cc1c(Cl)cccc1N[C@@H]1c2ccccc2C(=O)N1c1ccc(Cl)cn1.